The normalized spacial score (nSPS) is 43.3. The van der Waals surface area contributed by atoms with E-state index in [1.165, 1.54) is 0 Å². The molecule has 234 valence electrons. The topological polar surface area (TPSA) is 309 Å². The van der Waals surface area contributed by atoms with Crippen LogP contribution in [0.2, 0.25) is 0 Å². The molecular formula is C23H47N7O10. The summed E-state index contributed by atoms with van der Waals surface area (Å²) >= 11 is 0. The predicted octanol–water partition coefficient (Wildman–Crippen LogP) is -6.85. The Hall–Kier alpha value is -1.13. The number of amides is 1. The highest BCUT2D eigenvalue weighted by molar-refractivity contribution is 5.80. The van der Waals surface area contributed by atoms with E-state index in [9.17, 15) is 30.3 Å². The average molecular weight is 582 g/mol. The van der Waals surface area contributed by atoms with Gasteiger partial charge in [-0.3, -0.25) is 4.79 Å². The van der Waals surface area contributed by atoms with Gasteiger partial charge in [-0.1, -0.05) is 0 Å². The van der Waals surface area contributed by atoms with Gasteiger partial charge in [-0.25, -0.2) is 0 Å². The minimum atomic E-state index is -1.55. The summed E-state index contributed by atoms with van der Waals surface area (Å²) in [6.07, 6.45) is -10.8. The van der Waals surface area contributed by atoms with Gasteiger partial charge < -0.3 is 83.8 Å². The fourth-order valence-corrected chi connectivity index (χ4v) is 5.24. The number of ether oxygens (including phenoxy) is 4. The Morgan fingerprint density at radius 3 is 2.30 bits per heavy atom. The predicted molar refractivity (Wildman–Crippen MR) is 139 cm³/mol. The molecule has 0 aromatic carbocycles. The van der Waals surface area contributed by atoms with E-state index in [-0.39, 0.29) is 32.2 Å². The van der Waals surface area contributed by atoms with Gasteiger partial charge >= 0.3 is 0 Å². The van der Waals surface area contributed by atoms with Crippen LogP contribution < -0.4 is 39.3 Å². The smallest absolute Gasteiger partial charge is 0.249 e. The van der Waals surface area contributed by atoms with E-state index < -0.39 is 92.0 Å². The van der Waals surface area contributed by atoms with Crippen LogP contribution >= 0.6 is 0 Å². The van der Waals surface area contributed by atoms with E-state index >= 15 is 0 Å². The van der Waals surface area contributed by atoms with Crippen molar-refractivity contribution < 1.29 is 49.3 Å². The summed E-state index contributed by atoms with van der Waals surface area (Å²) in [4.78, 5) is 12.6. The van der Waals surface area contributed by atoms with Crippen LogP contribution in [0.3, 0.4) is 0 Å². The molecule has 40 heavy (non-hydrogen) atoms. The lowest BCUT2D eigenvalue weighted by molar-refractivity contribution is -0.314. The molecular weight excluding hydrogens is 534 g/mol. The van der Waals surface area contributed by atoms with E-state index in [4.69, 9.17) is 47.6 Å². The van der Waals surface area contributed by atoms with Crippen LogP contribution in [0.5, 0.6) is 0 Å². The van der Waals surface area contributed by atoms with E-state index in [1.54, 1.807) is 0 Å². The van der Waals surface area contributed by atoms with Crippen LogP contribution in [0.4, 0.5) is 0 Å². The molecule has 17 nitrogen and oxygen atoms in total. The number of hydrogen-bond acceptors (Lipinski definition) is 16. The molecule has 3 fully saturated rings. The van der Waals surface area contributed by atoms with Crippen molar-refractivity contribution >= 4 is 5.91 Å². The quantitative estimate of drug-likeness (QED) is 0.0952. The van der Waals surface area contributed by atoms with Crippen molar-refractivity contribution in [3.63, 3.8) is 0 Å². The van der Waals surface area contributed by atoms with E-state index in [0.29, 0.717) is 19.4 Å². The summed E-state index contributed by atoms with van der Waals surface area (Å²) in [7, 11) is 0. The molecule has 0 bridgehead atoms. The molecule has 0 spiro atoms. The second-order valence-electron chi connectivity index (χ2n) is 10.6. The molecule has 0 aromatic heterocycles. The van der Waals surface area contributed by atoms with Crippen molar-refractivity contribution in [2.75, 3.05) is 26.4 Å². The number of nitrogens with one attached hydrogen (secondary N) is 2. The van der Waals surface area contributed by atoms with E-state index in [1.807, 2.05) is 0 Å². The third-order valence-corrected chi connectivity index (χ3v) is 7.62. The summed E-state index contributed by atoms with van der Waals surface area (Å²) in [5, 5.41) is 57.6. The SMILES string of the molecule is NCC[C@H](O)C(=O)N[C@@H]1C[C@H](N)C(O[C@@H]2OC(CNCN)CCC2N)C(O)[C@@H]1O[C@@H]1OC(CO)[C@H](O)[C@H](N)C1O. The van der Waals surface area contributed by atoms with Crippen molar-refractivity contribution in [3.8, 4) is 0 Å². The number of hydrogen-bond donors (Lipinski definition) is 12. The first-order valence-electron chi connectivity index (χ1n) is 13.6. The minimum Gasteiger partial charge on any atom is -0.394 e. The van der Waals surface area contributed by atoms with Crippen LogP contribution in [-0.2, 0) is 23.7 Å². The zero-order valence-corrected chi connectivity index (χ0v) is 22.4. The highest BCUT2D eigenvalue weighted by atomic mass is 16.7. The number of rotatable bonds is 12. The number of nitrogens with two attached hydrogens (primary N) is 5. The Labute approximate surface area is 232 Å². The van der Waals surface area contributed by atoms with Gasteiger partial charge in [0.05, 0.1) is 30.8 Å². The molecule has 1 saturated carbocycles. The molecule has 1 aliphatic carbocycles. The molecule has 2 saturated heterocycles. The Kier molecular flexibility index (Phi) is 12.8. The first-order chi connectivity index (χ1) is 19.0. The number of carbonyl (C=O) groups is 1. The summed E-state index contributed by atoms with van der Waals surface area (Å²) in [5.74, 6) is -0.763. The lowest BCUT2D eigenvalue weighted by Crippen LogP contribution is -2.69. The average Bonchev–Trinajstić information content (AvgIpc) is 2.93. The van der Waals surface area contributed by atoms with E-state index in [2.05, 4.69) is 10.6 Å². The largest absolute Gasteiger partial charge is 0.394 e. The van der Waals surface area contributed by atoms with Crippen molar-refractivity contribution in [1.82, 2.24) is 10.6 Å². The molecule has 17 N–H and O–H groups in total. The zero-order valence-electron chi connectivity index (χ0n) is 22.4. The molecule has 2 heterocycles. The molecule has 0 radical (unpaired) electrons. The van der Waals surface area contributed by atoms with Gasteiger partial charge in [0, 0.05) is 19.3 Å². The highest BCUT2D eigenvalue weighted by Crippen LogP contribution is 2.31. The standard InChI is InChI=1S/C23H47N7O10/c24-4-3-13(32)21(36)30-12-5-11(27)19(39-22-10(26)2-1-9(37-22)6-29-8-25)18(35)20(12)40-23-17(34)15(28)16(33)14(7-31)38-23/h9-20,22-23,29,31-35H,1-8,24-28H2,(H,30,36)/t9?,10?,11-,12+,13-,14?,15-,16-,17?,18?,19?,20+,22-,23-/m0/s1. The van der Waals surface area contributed by atoms with Crippen LogP contribution in [0, 0.1) is 0 Å². The van der Waals surface area contributed by atoms with Crippen molar-refractivity contribution in [2.24, 2.45) is 28.7 Å². The lowest BCUT2D eigenvalue weighted by atomic mass is 9.83. The number of aliphatic hydroxyl groups is 5. The molecule has 0 aromatic rings. The maximum Gasteiger partial charge on any atom is 0.249 e. The van der Waals surface area contributed by atoms with Gasteiger partial charge in [-0.2, -0.15) is 0 Å². The Morgan fingerprint density at radius 2 is 1.65 bits per heavy atom. The molecule has 1 amide bonds. The molecule has 17 heteroatoms. The molecule has 2 aliphatic heterocycles. The summed E-state index contributed by atoms with van der Waals surface area (Å²) in [6, 6.07) is -3.56. The van der Waals surface area contributed by atoms with Gasteiger partial charge in [0.1, 0.15) is 42.7 Å². The van der Waals surface area contributed by atoms with Crippen molar-refractivity contribution in [3.05, 3.63) is 0 Å². The van der Waals surface area contributed by atoms with Gasteiger partial charge in [-0.05, 0) is 32.2 Å². The zero-order chi connectivity index (χ0) is 29.6. The molecule has 14 atom stereocenters. The third-order valence-electron chi connectivity index (χ3n) is 7.62. The van der Waals surface area contributed by atoms with Gasteiger partial charge in [-0.15, -0.1) is 0 Å². The number of carbonyl (C=O) groups excluding carboxylic acids is 1. The van der Waals surface area contributed by atoms with E-state index in [0.717, 1.165) is 0 Å². The maximum absolute atomic E-state index is 12.6. The summed E-state index contributed by atoms with van der Waals surface area (Å²) in [6.45, 7) is 0.185. The van der Waals surface area contributed by atoms with Crippen LogP contribution in [-0.4, -0.2) is 143 Å². The Bertz CT molecular complexity index is 786. The lowest BCUT2D eigenvalue weighted by Gasteiger charge is -2.48. The molecule has 3 rings (SSSR count). The Balaban J connectivity index is 1.80. The molecule has 3 aliphatic rings. The van der Waals surface area contributed by atoms with Crippen LogP contribution in [0.15, 0.2) is 0 Å². The monoisotopic (exact) mass is 581 g/mol. The highest BCUT2D eigenvalue weighted by Gasteiger charge is 2.51. The van der Waals surface area contributed by atoms with Gasteiger partial charge in [0.15, 0.2) is 12.6 Å². The van der Waals surface area contributed by atoms with Crippen LogP contribution in [0.1, 0.15) is 25.7 Å². The van der Waals surface area contributed by atoms with Gasteiger partial charge in [0.25, 0.3) is 0 Å². The first kappa shape index (κ1) is 33.4. The van der Waals surface area contributed by atoms with Gasteiger partial charge in [0.2, 0.25) is 5.91 Å². The first-order valence-corrected chi connectivity index (χ1v) is 13.6. The maximum atomic E-state index is 12.6. The van der Waals surface area contributed by atoms with Crippen LogP contribution in [0.25, 0.3) is 0 Å². The summed E-state index contributed by atoms with van der Waals surface area (Å²) in [5.41, 5.74) is 29.5. The molecule has 6 unspecified atom stereocenters. The minimum absolute atomic E-state index is 0.00310. The second-order valence-corrected chi connectivity index (χ2v) is 10.6. The van der Waals surface area contributed by atoms with Crippen molar-refractivity contribution in [1.29, 1.82) is 0 Å². The Morgan fingerprint density at radius 1 is 0.950 bits per heavy atom. The fourth-order valence-electron chi connectivity index (χ4n) is 5.24. The summed E-state index contributed by atoms with van der Waals surface area (Å²) < 4.78 is 23.6. The third kappa shape index (κ3) is 8.03. The van der Waals surface area contributed by atoms with Crippen molar-refractivity contribution in [2.45, 2.75) is 111 Å². The number of aliphatic hydroxyl groups excluding tert-OH is 5. The fraction of sp³-hybridized carbons (Fsp3) is 0.957. The second kappa shape index (κ2) is 15.4.